The van der Waals surface area contributed by atoms with Crippen molar-refractivity contribution in [2.45, 2.75) is 18.6 Å². The van der Waals surface area contributed by atoms with E-state index < -0.39 is 0 Å². The van der Waals surface area contributed by atoms with Crippen LogP contribution in [0.5, 0.6) is 0 Å². The molecule has 100 valence electrons. The summed E-state index contributed by atoms with van der Waals surface area (Å²) in [5.41, 5.74) is 3.83. The second-order valence-corrected chi connectivity index (χ2v) is 5.98. The molecule has 0 radical (unpaired) electrons. The summed E-state index contributed by atoms with van der Waals surface area (Å²) in [6.07, 6.45) is 0. The summed E-state index contributed by atoms with van der Waals surface area (Å²) < 4.78 is 1.78. The Kier molecular flexibility index (Phi) is 2.50. The van der Waals surface area contributed by atoms with Crippen molar-refractivity contribution in [3.05, 3.63) is 46.2 Å². The summed E-state index contributed by atoms with van der Waals surface area (Å²) in [5.74, 6) is 0.930. The Morgan fingerprint density at radius 2 is 2.10 bits per heavy atom. The molecule has 1 aliphatic rings. The highest BCUT2D eigenvalue weighted by atomic mass is 32.2. The zero-order valence-corrected chi connectivity index (χ0v) is 11.8. The maximum absolute atomic E-state index is 12.6. The SMILES string of the molecule is Cc1c(-c2ccccc2)[nH]c2nc3n(c(=O)c12)CCS3. The number of aromatic amines is 1. The van der Waals surface area contributed by atoms with E-state index in [4.69, 9.17) is 0 Å². The number of benzene rings is 1. The van der Waals surface area contributed by atoms with Gasteiger partial charge in [-0.1, -0.05) is 42.1 Å². The molecule has 2 aromatic heterocycles. The standard InChI is InChI=1S/C15H13N3OS/c1-9-11-13(16-12(9)10-5-3-2-4-6-10)17-15-18(14(11)19)7-8-20-15/h2-6,16H,7-8H2,1H3. The molecule has 0 atom stereocenters. The summed E-state index contributed by atoms with van der Waals surface area (Å²) in [6, 6.07) is 10.1. The predicted molar refractivity (Wildman–Crippen MR) is 81.3 cm³/mol. The maximum atomic E-state index is 12.6. The highest BCUT2D eigenvalue weighted by molar-refractivity contribution is 7.99. The summed E-state index contributed by atoms with van der Waals surface area (Å²) in [5, 5.41) is 1.54. The highest BCUT2D eigenvalue weighted by Gasteiger charge is 2.20. The second kappa shape index (κ2) is 4.24. The number of aromatic nitrogens is 3. The van der Waals surface area contributed by atoms with Gasteiger partial charge in [0.1, 0.15) is 5.65 Å². The fourth-order valence-corrected chi connectivity index (χ4v) is 3.67. The summed E-state index contributed by atoms with van der Waals surface area (Å²) in [7, 11) is 0. The molecule has 3 heterocycles. The van der Waals surface area contributed by atoms with Crippen LogP contribution in [0.15, 0.2) is 40.3 Å². The molecular weight excluding hydrogens is 270 g/mol. The van der Waals surface area contributed by atoms with Gasteiger partial charge in [0.2, 0.25) is 0 Å². The molecule has 0 aliphatic carbocycles. The van der Waals surface area contributed by atoms with Crippen molar-refractivity contribution in [3.63, 3.8) is 0 Å². The van der Waals surface area contributed by atoms with Crippen molar-refractivity contribution in [3.8, 4) is 11.3 Å². The van der Waals surface area contributed by atoms with E-state index in [0.29, 0.717) is 5.65 Å². The summed E-state index contributed by atoms with van der Waals surface area (Å²) in [6.45, 7) is 2.74. The zero-order valence-electron chi connectivity index (χ0n) is 11.0. The van der Waals surface area contributed by atoms with Crippen molar-refractivity contribution < 1.29 is 0 Å². The van der Waals surface area contributed by atoms with Gasteiger partial charge in [-0.3, -0.25) is 9.36 Å². The van der Waals surface area contributed by atoms with Crippen LogP contribution in [0, 0.1) is 6.92 Å². The van der Waals surface area contributed by atoms with Gasteiger partial charge in [0, 0.05) is 12.3 Å². The van der Waals surface area contributed by atoms with E-state index in [-0.39, 0.29) is 5.56 Å². The largest absolute Gasteiger partial charge is 0.339 e. The Balaban J connectivity index is 2.06. The topological polar surface area (TPSA) is 50.7 Å². The molecule has 5 heteroatoms. The molecule has 1 aromatic carbocycles. The Morgan fingerprint density at radius 3 is 2.90 bits per heavy atom. The minimum Gasteiger partial charge on any atom is -0.339 e. The molecule has 1 N–H and O–H groups in total. The van der Waals surface area contributed by atoms with Gasteiger partial charge in [-0.05, 0) is 18.1 Å². The molecule has 0 unspecified atom stereocenters. The number of fused-ring (bicyclic) bond motifs is 2. The number of hydrogen-bond donors (Lipinski definition) is 1. The van der Waals surface area contributed by atoms with Crippen molar-refractivity contribution in [1.82, 2.24) is 14.5 Å². The quantitative estimate of drug-likeness (QED) is 0.699. The molecule has 0 bridgehead atoms. The minimum atomic E-state index is 0.0749. The van der Waals surface area contributed by atoms with Crippen LogP contribution in [-0.4, -0.2) is 20.3 Å². The third-order valence-corrected chi connectivity index (χ3v) is 4.69. The Labute approximate surface area is 119 Å². The van der Waals surface area contributed by atoms with E-state index in [1.165, 1.54) is 0 Å². The highest BCUT2D eigenvalue weighted by Crippen LogP contribution is 2.29. The summed E-state index contributed by atoms with van der Waals surface area (Å²) >= 11 is 1.64. The van der Waals surface area contributed by atoms with E-state index in [2.05, 4.69) is 9.97 Å². The Hall–Kier alpha value is -2.01. The van der Waals surface area contributed by atoms with Gasteiger partial charge >= 0.3 is 0 Å². The molecule has 0 fully saturated rings. The van der Waals surface area contributed by atoms with E-state index in [9.17, 15) is 4.79 Å². The van der Waals surface area contributed by atoms with Crippen LogP contribution < -0.4 is 5.56 Å². The van der Waals surface area contributed by atoms with Crippen molar-refractivity contribution in [2.24, 2.45) is 0 Å². The first-order valence-electron chi connectivity index (χ1n) is 6.57. The predicted octanol–water partition coefficient (Wildman–Crippen LogP) is 2.81. The molecule has 3 aromatic rings. The van der Waals surface area contributed by atoms with Crippen LogP contribution in [0.1, 0.15) is 5.56 Å². The molecule has 20 heavy (non-hydrogen) atoms. The minimum absolute atomic E-state index is 0.0749. The normalized spacial score (nSPS) is 13.8. The van der Waals surface area contributed by atoms with Crippen LogP contribution >= 0.6 is 11.8 Å². The number of H-pyrrole nitrogens is 1. The van der Waals surface area contributed by atoms with E-state index in [1.54, 1.807) is 16.3 Å². The third-order valence-electron chi connectivity index (χ3n) is 3.74. The van der Waals surface area contributed by atoms with Gasteiger partial charge < -0.3 is 4.98 Å². The number of rotatable bonds is 1. The number of aryl methyl sites for hydroxylation is 1. The fraction of sp³-hybridized carbons (Fsp3) is 0.200. The lowest BCUT2D eigenvalue weighted by molar-refractivity contribution is 0.668. The van der Waals surface area contributed by atoms with Crippen LogP contribution in [0.4, 0.5) is 0 Å². The van der Waals surface area contributed by atoms with Gasteiger partial charge in [-0.15, -0.1) is 0 Å². The number of hydrogen-bond acceptors (Lipinski definition) is 3. The first-order valence-corrected chi connectivity index (χ1v) is 7.55. The lowest BCUT2D eigenvalue weighted by Gasteiger charge is -2.00. The Bertz CT molecular complexity index is 864. The van der Waals surface area contributed by atoms with Gasteiger partial charge in [-0.25, -0.2) is 4.98 Å². The first-order chi connectivity index (χ1) is 9.75. The second-order valence-electron chi connectivity index (χ2n) is 4.91. The van der Waals surface area contributed by atoms with Crippen LogP contribution in [0.25, 0.3) is 22.3 Å². The van der Waals surface area contributed by atoms with E-state index in [0.717, 1.165) is 39.7 Å². The van der Waals surface area contributed by atoms with E-state index in [1.807, 2.05) is 37.3 Å². The van der Waals surface area contributed by atoms with Gasteiger partial charge in [0.15, 0.2) is 5.16 Å². The van der Waals surface area contributed by atoms with Crippen LogP contribution in [0.3, 0.4) is 0 Å². The molecule has 1 aliphatic heterocycles. The molecule has 0 saturated carbocycles. The monoisotopic (exact) mass is 283 g/mol. The zero-order chi connectivity index (χ0) is 13.7. The molecular formula is C15H13N3OS. The van der Waals surface area contributed by atoms with Gasteiger partial charge in [0.05, 0.1) is 11.1 Å². The molecule has 0 amide bonds. The maximum Gasteiger partial charge on any atom is 0.263 e. The molecule has 0 saturated heterocycles. The molecule has 4 nitrogen and oxygen atoms in total. The lowest BCUT2D eigenvalue weighted by atomic mass is 10.1. The molecule has 4 rings (SSSR count). The Morgan fingerprint density at radius 1 is 1.30 bits per heavy atom. The van der Waals surface area contributed by atoms with Crippen LogP contribution in [-0.2, 0) is 6.54 Å². The third kappa shape index (κ3) is 1.56. The van der Waals surface area contributed by atoms with Crippen molar-refractivity contribution >= 4 is 22.8 Å². The van der Waals surface area contributed by atoms with Crippen LogP contribution in [0.2, 0.25) is 0 Å². The number of nitrogens with zero attached hydrogens (tertiary/aromatic N) is 2. The average molecular weight is 283 g/mol. The number of nitrogens with one attached hydrogen (secondary N) is 1. The summed E-state index contributed by atoms with van der Waals surface area (Å²) in [4.78, 5) is 20.5. The van der Waals surface area contributed by atoms with Gasteiger partial charge in [0.25, 0.3) is 5.56 Å². The number of thioether (sulfide) groups is 1. The average Bonchev–Trinajstić information content (AvgIpc) is 3.05. The van der Waals surface area contributed by atoms with Crippen molar-refractivity contribution in [1.29, 1.82) is 0 Å². The van der Waals surface area contributed by atoms with E-state index >= 15 is 0 Å². The van der Waals surface area contributed by atoms with Gasteiger partial charge in [-0.2, -0.15) is 0 Å². The fourth-order valence-electron chi connectivity index (χ4n) is 2.73. The molecule has 0 spiro atoms. The first kappa shape index (κ1) is 11.8. The lowest BCUT2D eigenvalue weighted by Crippen LogP contribution is -2.20. The van der Waals surface area contributed by atoms with Crippen molar-refractivity contribution in [2.75, 3.05) is 5.75 Å². The smallest absolute Gasteiger partial charge is 0.263 e.